The van der Waals surface area contributed by atoms with E-state index in [1.807, 2.05) is 13.0 Å². The summed E-state index contributed by atoms with van der Waals surface area (Å²) < 4.78 is 0. The molecule has 3 nitrogen and oxygen atoms in total. The van der Waals surface area contributed by atoms with Gasteiger partial charge in [0.15, 0.2) is 0 Å². The lowest BCUT2D eigenvalue weighted by Crippen LogP contribution is -2.10. The molecule has 0 amide bonds. The lowest BCUT2D eigenvalue weighted by Gasteiger charge is -2.18. The summed E-state index contributed by atoms with van der Waals surface area (Å²) in [5, 5.41) is 9.40. The molecule has 0 radical (unpaired) electrons. The van der Waals surface area contributed by atoms with Gasteiger partial charge in [-0.05, 0) is 30.5 Å². The van der Waals surface area contributed by atoms with Crippen molar-refractivity contribution in [3.63, 3.8) is 0 Å². The topological polar surface area (TPSA) is 48.9 Å². The quantitative estimate of drug-likeness (QED) is 0.832. The summed E-state index contributed by atoms with van der Waals surface area (Å²) in [4.78, 5) is 7.59. The van der Waals surface area contributed by atoms with Gasteiger partial charge in [0.1, 0.15) is 5.82 Å². The molecule has 1 unspecified atom stereocenters. The molecule has 0 aliphatic rings. The minimum absolute atomic E-state index is 0.191. The van der Waals surface area contributed by atoms with Gasteiger partial charge < -0.3 is 10.1 Å². The summed E-state index contributed by atoms with van der Waals surface area (Å²) in [6.45, 7) is 6.40. The van der Waals surface area contributed by atoms with Crippen LogP contribution in [0.5, 0.6) is 0 Å². The van der Waals surface area contributed by atoms with Crippen molar-refractivity contribution in [3.05, 3.63) is 29.6 Å². The van der Waals surface area contributed by atoms with E-state index in [2.05, 4.69) is 35.9 Å². The van der Waals surface area contributed by atoms with E-state index < -0.39 is 0 Å². The van der Waals surface area contributed by atoms with Crippen molar-refractivity contribution < 1.29 is 5.11 Å². The minimum atomic E-state index is 0.191. The highest BCUT2D eigenvalue weighted by Gasteiger charge is 2.15. The van der Waals surface area contributed by atoms with Crippen molar-refractivity contribution >= 4 is 11.0 Å². The maximum Gasteiger partial charge on any atom is 0.104 e. The van der Waals surface area contributed by atoms with Gasteiger partial charge in [-0.1, -0.05) is 19.9 Å². The molecule has 1 atom stereocenters. The normalized spacial score (nSPS) is 13.6. The Kier molecular flexibility index (Phi) is 2.97. The predicted octanol–water partition coefficient (Wildman–Crippen LogP) is 2.60. The molecule has 0 aliphatic heterocycles. The van der Waals surface area contributed by atoms with Crippen LogP contribution in [0.4, 0.5) is 0 Å². The van der Waals surface area contributed by atoms with Gasteiger partial charge >= 0.3 is 0 Å². The largest absolute Gasteiger partial charge is 0.396 e. The van der Waals surface area contributed by atoms with Crippen molar-refractivity contribution in [2.45, 2.75) is 26.7 Å². The Morgan fingerprint density at radius 3 is 2.75 bits per heavy atom. The lowest BCUT2D eigenvalue weighted by molar-refractivity contribution is 0.237. The molecule has 3 heteroatoms. The second-order valence-electron chi connectivity index (χ2n) is 4.63. The first-order chi connectivity index (χ1) is 7.61. The Balaban J connectivity index is 2.44. The van der Waals surface area contributed by atoms with Gasteiger partial charge in [0.2, 0.25) is 0 Å². The zero-order chi connectivity index (χ0) is 11.7. The number of nitrogens with one attached hydrogen (secondary N) is 1. The molecule has 2 rings (SSSR count). The standard InChI is InChI=1S/C13H18N2O/c1-8(2)11(7-16)10-4-5-12-13(6-10)15-9(3)14-12/h4-6,8,11,16H,7H2,1-3H3,(H,14,15). The van der Waals surface area contributed by atoms with Crippen LogP contribution < -0.4 is 0 Å². The zero-order valence-electron chi connectivity index (χ0n) is 9.99. The fourth-order valence-corrected chi connectivity index (χ4v) is 2.09. The summed E-state index contributed by atoms with van der Waals surface area (Å²) in [6.07, 6.45) is 0. The van der Waals surface area contributed by atoms with Crippen molar-refractivity contribution in [1.29, 1.82) is 0 Å². The molecular formula is C13H18N2O. The summed E-state index contributed by atoms with van der Waals surface area (Å²) in [5.74, 6) is 1.57. The van der Waals surface area contributed by atoms with Gasteiger partial charge in [-0.25, -0.2) is 4.98 Å². The Bertz CT molecular complexity index is 488. The van der Waals surface area contributed by atoms with E-state index in [0.717, 1.165) is 16.9 Å². The molecule has 86 valence electrons. The van der Waals surface area contributed by atoms with Crippen molar-refractivity contribution in [2.24, 2.45) is 5.92 Å². The highest BCUT2D eigenvalue weighted by atomic mass is 16.3. The summed E-state index contributed by atoms with van der Waals surface area (Å²) in [7, 11) is 0. The van der Waals surface area contributed by atoms with E-state index in [1.54, 1.807) is 0 Å². The molecule has 16 heavy (non-hydrogen) atoms. The van der Waals surface area contributed by atoms with Gasteiger partial charge in [0, 0.05) is 5.92 Å². The maximum atomic E-state index is 9.40. The second-order valence-corrected chi connectivity index (χ2v) is 4.63. The number of aromatic nitrogens is 2. The van der Waals surface area contributed by atoms with Gasteiger partial charge in [-0.2, -0.15) is 0 Å². The van der Waals surface area contributed by atoms with E-state index in [1.165, 1.54) is 5.56 Å². The number of aliphatic hydroxyl groups is 1. The number of nitrogens with zero attached hydrogens (tertiary/aromatic N) is 1. The fourth-order valence-electron chi connectivity index (χ4n) is 2.09. The van der Waals surface area contributed by atoms with Crippen LogP contribution in [0.3, 0.4) is 0 Å². The van der Waals surface area contributed by atoms with Crippen LogP contribution in [0, 0.1) is 12.8 Å². The third-order valence-corrected chi connectivity index (χ3v) is 3.05. The number of rotatable bonds is 3. The van der Waals surface area contributed by atoms with Gasteiger partial charge in [0.25, 0.3) is 0 Å². The minimum Gasteiger partial charge on any atom is -0.396 e. The molecule has 0 aliphatic carbocycles. The molecule has 0 saturated carbocycles. The highest BCUT2D eigenvalue weighted by Crippen LogP contribution is 2.26. The van der Waals surface area contributed by atoms with Crippen LogP contribution in [-0.2, 0) is 0 Å². The van der Waals surface area contributed by atoms with E-state index in [0.29, 0.717) is 5.92 Å². The Morgan fingerprint density at radius 1 is 1.38 bits per heavy atom. The van der Waals surface area contributed by atoms with Crippen LogP contribution in [0.15, 0.2) is 18.2 Å². The summed E-state index contributed by atoms with van der Waals surface area (Å²) >= 11 is 0. The lowest BCUT2D eigenvalue weighted by atomic mass is 9.89. The first kappa shape index (κ1) is 11.1. The molecule has 2 aromatic rings. The first-order valence-corrected chi connectivity index (χ1v) is 5.69. The number of hydrogen-bond acceptors (Lipinski definition) is 2. The first-order valence-electron chi connectivity index (χ1n) is 5.69. The van der Waals surface area contributed by atoms with E-state index in [4.69, 9.17) is 0 Å². The molecule has 0 fully saturated rings. The predicted molar refractivity (Wildman–Crippen MR) is 65.5 cm³/mol. The van der Waals surface area contributed by atoms with Crippen molar-refractivity contribution in [3.8, 4) is 0 Å². The molecule has 1 aromatic carbocycles. The molecule has 0 bridgehead atoms. The van der Waals surface area contributed by atoms with Crippen LogP contribution in [0.2, 0.25) is 0 Å². The van der Waals surface area contributed by atoms with Crippen LogP contribution in [0.1, 0.15) is 31.2 Å². The van der Waals surface area contributed by atoms with Crippen LogP contribution in [0.25, 0.3) is 11.0 Å². The number of aromatic amines is 1. The van der Waals surface area contributed by atoms with Crippen molar-refractivity contribution in [2.75, 3.05) is 6.61 Å². The monoisotopic (exact) mass is 218 g/mol. The fraction of sp³-hybridized carbons (Fsp3) is 0.462. The third kappa shape index (κ3) is 1.95. The molecule has 1 aromatic heterocycles. The SMILES string of the molecule is Cc1nc2ccc(C(CO)C(C)C)cc2[nH]1. The third-order valence-electron chi connectivity index (χ3n) is 3.05. The average Bonchev–Trinajstić information content (AvgIpc) is 2.57. The Labute approximate surface area is 95.5 Å². The zero-order valence-corrected chi connectivity index (χ0v) is 9.99. The highest BCUT2D eigenvalue weighted by molar-refractivity contribution is 5.76. The van der Waals surface area contributed by atoms with Crippen LogP contribution in [-0.4, -0.2) is 21.7 Å². The molecule has 0 spiro atoms. The number of imidazole rings is 1. The second kappa shape index (κ2) is 4.26. The number of aliphatic hydroxyl groups excluding tert-OH is 1. The summed E-state index contributed by atoms with van der Waals surface area (Å²) in [6, 6.07) is 6.17. The number of hydrogen-bond donors (Lipinski definition) is 2. The molecular weight excluding hydrogens is 200 g/mol. The molecule has 1 heterocycles. The molecule has 2 N–H and O–H groups in total. The Morgan fingerprint density at radius 2 is 2.12 bits per heavy atom. The van der Waals surface area contributed by atoms with Gasteiger partial charge in [-0.15, -0.1) is 0 Å². The molecule has 0 saturated heterocycles. The smallest absolute Gasteiger partial charge is 0.104 e. The van der Waals surface area contributed by atoms with E-state index in [9.17, 15) is 5.11 Å². The van der Waals surface area contributed by atoms with Crippen molar-refractivity contribution in [1.82, 2.24) is 9.97 Å². The maximum absolute atomic E-state index is 9.40. The van der Waals surface area contributed by atoms with E-state index >= 15 is 0 Å². The average molecular weight is 218 g/mol. The van der Waals surface area contributed by atoms with Crippen LogP contribution >= 0.6 is 0 Å². The number of H-pyrrole nitrogens is 1. The number of fused-ring (bicyclic) bond motifs is 1. The van der Waals surface area contributed by atoms with E-state index in [-0.39, 0.29) is 12.5 Å². The number of benzene rings is 1. The van der Waals surface area contributed by atoms with Gasteiger partial charge in [0.05, 0.1) is 17.6 Å². The Hall–Kier alpha value is -1.35. The van der Waals surface area contributed by atoms with Gasteiger partial charge in [-0.3, -0.25) is 0 Å². The summed E-state index contributed by atoms with van der Waals surface area (Å²) in [5.41, 5.74) is 3.21. The number of aryl methyl sites for hydroxylation is 1.